The number of hydrogen-bond donors (Lipinski definition) is 1. The predicted molar refractivity (Wildman–Crippen MR) is 96.5 cm³/mol. The van der Waals surface area contributed by atoms with E-state index in [1.807, 2.05) is 19.1 Å². The van der Waals surface area contributed by atoms with Crippen molar-refractivity contribution in [3.05, 3.63) is 41.6 Å². The Bertz CT molecular complexity index is 677. The van der Waals surface area contributed by atoms with E-state index in [1.165, 1.54) is 4.31 Å². The fraction of sp³-hybridized carbons (Fsp3) is 0.529. The minimum Gasteiger partial charge on any atom is -0.392 e. The average Bonchev–Trinajstić information content (AvgIpc) is 2.46. The molecule has 0 saturated carbocycles. The van der Waals surface area contributed by atoms with Gasteiger partial charge < -0.3 is 5.11 Å². The molecule has 23 heavy (non-hydrogen) atoms. The lowest BCUT2D eigenvalue weighted by atomic mass is 9.96. The Morgan fingerprint density at radius 2 is 1.83 bits per heavy atom. The molecule has 6 heteroatoms. The smallest absolute Gasteiger partial charge is 0.243 e. The molecule has 0 aromatic heterocycles. The fourth-order valence-electron chi connectivity index (χ4n) is 2.89. The van der Waals surface area contributed by atoms with E-state index in [9.17, 15) is 13.5 Å². The summed E-state index contributed by atoms with van der Waals surface area (Å²) in [5.41, 5.74) is 1.03. The Kier molecular flexibility index (Phi) is 5.20. The highest BCUT2D eigenvalue weighted by atomic mass is 32.2. The lowest BCUT2D eigenvalue weighted by Crippen LogP contribution is -2.49. The van der Waals surface area contributed by atoms with Crippen molar-refractivity contribution in [1.82, 2.24) is 4.31 Å². The van der Waals surface area contributed by atoms with Crippen molar-refractivity contribution in [1.29, 1.82) is 0 Å². The van der Waals surface area contributed by atoms with Gasteiger partial charge in [-0.15, -0.1) is 6.58 Å². The van der Waals surface area contributed by atoms with E-state index in [-0.39, 0.29) is 5.92 Å². The van der Waals surface area contributed by atoms with Gasteiger partial charge >= 0.3 is 0 Å². The van der Waals surface area contributed by atoms with Crippen molar-refractivity contribution in [3.63, 3.8) is 0 Å². The van der Waals surface area contributed by atoms with Crippen molar-refractivity contribution in [2.45, 2.75) is 44.0 Å². The van der Waals surface area contributed by atoms with Crippen LogP contribution in [0.25, 0.3) is 0 Å². The number of hydrogen-bond acceptors (Lipinski definition) is 3. The summed E-state index contributed by atoms with van der Waals surface area (Å²) in [5.74, 6) is -0.171. The van der Waals surface area contributed by atoms with Crippen LogP contribution in [0.1, 0.15) is 12.0 Å². The molecule has 0 bridgehead atoms. The summed E-state index contributed by atoms with van der Waals surface area (Å²) in [6.45, 7) is 13.3. The van der Waals surface area contributed by atoms with Crippen LogP contribution in [0.5, 0.6) is 0 Å². The summed E-state index contributed by atoms with van der Waals surface area (Å²) < 4.78 is 27.2. The number of aryl methyl sites for hydroxylation is 1. The first-order valence-electron chi connectivity index (χ1n) is 7.97. The predicted octanol–water partition coefficient (Wildman–Crippen LogP) is 2.80. The third-order valence-corrected chi connectivity index (χ3v) is 8.79. The molecule has 0 amide bonds. The minimum absolute atomic E-state index is 0.171. The van der Waals surface area contributed by atoms with E-state index in [2.05, 4.69) is 26.2 Å². The van der Waals surface area contributed by atoms with Crippen LogP contribution in [0.2, 0.25) is 19.6 Å². The van der Waals surface area contributed by atoms with E-state index in [0.29, 0.717) is 24.4 Å². The van der Waals surface area contributed by atoms with E-state index in [4.69, 9.17) is 0 Å². The van der Waals surface area contributed by atoms with Gasteiger partial charge in [-0.25, -0.2) is 8.42 Å². The second-order valence-corrected chi connectivity index (χ2v) is 14.5. The van der Waals surface area contributed by atoms with Crippen molar-refractivity contribution in [3.8, 4) is 0 Å². The molecule has 0 aliphatic carbocycles. The molecule has 4 nitrogen and oxygen atoms in total. The molecule has 1 N–H and O–H groups in total. The van der Waals surface area contributed by atoms with E-state index < -0.39 is 24.2 Å². The first kappa shape index (κ1) is 18.4. The largest absolute Gasteiger partial charge is 0.392 e. The van der Waals surface area contributed by atoms with Crippen LogP contribution in [-0.4, -0.2) is 45.1 Å². The molecule has 1 aliphatic rings. The van der Waals surface area contributed by atoms with Gasteiger partial charge in [0.05, 0.1) is 19.1 Å². The Morgan fingerprint density at radius 1 is 1.26 bits per heavy atom. The number of nitrogens with zero attached hydrogens (tertiary/aromatic N) is 1. The first-order valence-corrected chi connectivity index (χ1v) is 12.9. The molecule has 1 aromatic carbocycles. The van der Waals surface area contributed by atoms with Crippen LogP contribution in [0.15, 0.2) is 40.9 Å². The lowest BCUT2D eigenvalue weighted by Gasteiger charge is -2.39. The standard InChI is InChI=1S/C17H27NO3SSi/c1-13-6-8-15(9-7-13)22(20,21)18-11-10-17(19)16(12-18)14(2)23(3,4)5/h6-9,16-17,19H,2,10-12H2,1,3-5H3/t16-,17-/m0/s1. The molecular weight excluding hydrogens is 326 g/mol. The van der Waals surface area contributed by atoms with Gasteiger partial charge in [0.2, 0.25) is 10.0 Å². The van der Waals surface area contributed by atoms with Crippen LogP contribution in [0, 0.1) is 12.8 Å². The second-order valence-electron chi connectivity index (χ2n) is 7.41. The van der Waals surface area contributed by atoms with Gasteiger partial charge in [0.25, 0.3) is 0 Å². The fourth-order valence-corrected chi connectivity index (χ4v) is 5.76. The van der Waals surface area contributed by atoms with Crippen molar-refractivity contribution < 1.29 is 13.5 Å². The van der Waals surface area contributed by atoms with E-state index in [1.54, 1.807) is 12.1 Å². The highest BCUT2D eigenvalue weighted by Crippen LogP contribution is 2.31. The van der Waals surface area contributed by atoms with Crippen LogP contribution >= 0.6 is 0 Å². The summed E-state index contributed by atoms with van der Waals surface area (Å²) in [5, 5.41) is 11.4. The van der Waals surface area contributed by atoms with Crippen molar-refractivity contribution in [2.24, 2.45) is 5.92 Å². The maximum absolute atomic E-state index is 12.8. The third kappa shape index (κ3) is 3.94. The number of benzene rings is 1. The highest BCUT2D eigenvalue weighted by molar-refractivity contribution is 7.89. The number of sulfonamides is 1. The summed E-state index contributed by atoms with van der Waals surface area (Å²) in [4.78, 5) is 0.317. The maximum atomic E-state index is 12.8. The first-order chi connectivity index (χ1) is 10.5. The SMILES string of the molecule is C=C([C@@H]1CN(S(=O)(=O)c2ccc(C)cc2)CC[C@@H]1O)[Si](C)(C)C. The third-order valence-electron chi connectivity index (χ3n) is 4.61. The molecule has 1 aliphatic heterocycles. The summed E-state index contributed by atoms with van der Waals surface area (Å²) in [7, 11) is -5.16. The van der Waals surface area contributed by atoms with Gasteiger partial charge in [-0.1, -0.05) is 42.5 Å². The van der Waals surface area contributed by atoms with Crippen LogP contribution in [0.3, 0.4) is 0 Å². The number of aliphatic hydroxyl groups is 1. The number of piperidine rings is 1. The summed E-state index contributed by atoms with van der Waals surface area (Å²) in [6.07, 6.45) is -0.0436. The molecule has 1 heterocycles. The van der Waals surface area contributed by atoms with Crippen LogP contribution < -0.4 is 0 Å². The topological polar surface area (TPSA) is 57.6 Å². The quantitative estimate of drug-likeness (QED) is 0.847. The Hall–Kier alpha value is -0.953. The highest BCUT2D eigenvalue weighted by Gasteiger charge is 2.38. The zero-order valence-corrected chi connectivity index (χ0v) is 16.2. The molecule has 1 aromatic rings. The normalized spacial score (nSPS) is 23.7. The van der Waals surface area contributed by atoms with Crippen molar-refractivity contribution in [2.75, 3.05) is 13.1 Å². The van der Waals surface area contributed by atoms with Gasteiger partial charge in [0.1, 0.15) is 0 Å². The molecule has 128 valence electrons. The zero-order chi connectivity index (χ0) is 17.4. The molecule has 2 rings (SSSR count). The Balaban J connectivity index is 2.27. The summed E-state index contributed by atoms with van der Waals surface area (Å²) in [6, 6.07) is 6.92. The van der Waals surface area contributed by atoms with Gasteiger partial charge in [-0.2, -0.15) is 4.31 Å². The number of aliphatic hydroxyl groups excluding tert-OH is 1. The van der Waals surface area contributed by atoms with Crippen LogP contribution in [-0.2, 0) is 10.0 Å². The molecule has 0 radical (unpaired) electrons. The van der Waals surface area contributed by atoms with Gasteiger partial charge in [-0.05, 0) is 25.5 Å². The second kappa shape index (κ2) is 6.51. The Morgan fingerprint density at radius 3 is 2.35 bits per heavy atom. The molecule has 0 unspecified atom stereocenters. The average molecular weight is 354 g/mol. The molecule has 1 saturated heterocycles. The minimum atomic E-state index is -3.52. The molecule has 0 spiro atoms. The lowest BCUT2D eigenvalue weighted by molar-refractivity contribution is 0.0735. The van der Waals surface area contributed by atoms with E-state index in [0.717, 1.165) is 10.8 Å². The number of rotatable bonds is 4. The van der Waals surface area contributed by atoms with Crippen LogP contribution in [0.4, 0.5) is 0 Å². The molecular formula is C17H27NO3SSi. The molecule has 1 fully saturated rings. The summed E-state index contributed by atoms with van der Waals surface area (Å²) >= 11 is 0. The van der Waals surface area contributed by atoms with Crippen molar-refractivity contribution >= 4 is 18.1 Å². The van der Waals surface area contributed by atoms with E-state index >= 15 is 0 Å². The van der Waals surface area contributed by atoms with Gasteiger partial charge in [-0.3, -0.25) is 0 Å². The van der Waals surface area contributed by atoms with Gasteiger partial charge in [0, 0.05) is 19.0 Å². The molecule has 2 atom stereocenters. The Labute approximate surface area is 140 Å². The zero-order valence-electron chi connectivity index (χ0n) is 14.4. The van der Waals surface area contributed by atoms with Gasteiger partial charge in [0.15, 0.2) is 0 Å². The maximum Gasteiger partial charge on any atom is 0.243 e. The monoisotopic (exact) mass is 353 g/mol.